The highest BCUT2D eigenvalue weighted by molar-refractivity contribution is 6.31. The summed E-state index contributed by atoms with van der Waals surface area (Å²) in [6, 6.07) is 8.24. The van der Waals surface area contributed by atoms with Crippen molar-refractivity contribution in [3.05, 3.63) is 68.6 Å². The monoisotopic (exact) mass is 470 g/mol. The second-order valence-corrected chi connectivity index (χ2v) is 9.36. The van der Waals surface area contributed by atoms with E-state index in [-0.39, 0.29) is 42.7 Å². The van der Waals surface area contributed by atoms with Gasteiger partial charge in [0.25, 0.3) is 5.91 Å². The third-order valence-corrected chi connectivity index (χ3v) is 6.81. The fraction of sp³-hybridized carbons (Fsp3) is 0.333. The van der Waals surface area contributed by atoms with Crippen LogP contribution in [0.25, 0.3) is 10.9 Å². The van der Waals surface area contributed by atoms with Gasteiger partial charge in [0.15, 0.2) is 0 Å². The Kier molecular flexibility index (Phi) is 5.08. The molecule has 3 aromatic rings. The number of benzene rings is 1. The van der Waals surface area contributed by atoms with E-state index in [9.17, 15) is 18.4 Å². The second kappa shape index (κ2) is 7.73. The van der Waals surface area contributed by atoms with Gasteiger partial charge in [0, 0.05) is 34.4 Å². The fourth-order valence-corrected chi connectivity index (χ4v) is 5.02. The number of rotatable bonds is 2. The number of aryl methyl sites for hydroxylation is 1. The predicted molar refractivity (Wildman–Crippen MR) is 123 cm³/mol. The van der Waals surface area contributed by atoms with Crippen LogP contribution in [0.1, 0.15) is 47.2 Å². The molecule has 0 saturated heterocycles. The Morgan fingerprint density at radius 2 is 1.82 bits per heavy atom. The lowest BCUT2D eigenvalue weighted by molar-refractivity contribution is -0.0554. The Bertz CT molecular complexity index is 1350. The van der Waals surface area contributed by atoms with E-state index in [0.717, 1.165) is 0 Å². The molecule has 0 radical (unpaired) electrons. The Morgan fingerprint density at radius 1 is 1.06 bits per heavy atom. The molecule has 1 aromatic heterocycles. The molecule has 2 N–H and O–H groups in total. The van der Waals surface area contributed by atoms with Crippen LogP contribution in [-0.4, -0.2) is 27.3 Å². The first-order valence-electron chi connectivity index (χ1n) is 10.7. The molecule has 9 heteroatoms. The predicted octanol–water partition coefficient (Wildman–Crippen LogP) is 4.93. The topological polar surface area (TPSA) is 84.0 Å². The van der Waals surface area contributed by atoms with Gasteiger partial charge < -0.3 is 10.6 Å². The van der Waals surface area contributed by atoms with Crippen LogP contribution in [0.3, 0.4) is 0 Å². The van der Waals surface area contributed by atoms with Gasteiger partial charge in [0.1, 0.15) is 12.1 Å². The second-order valence-electron chi connectivity index (χ2n) is 8.93. The van der Waals surface area contributed by atoms with Crippen molar-refractivity contribution in [2.45, 2.75) is 50.5 Å². The molecule has 1 aliphatic heterocycles. The zero-order chi connectivity index (χ0) is 23.4. The lowest BCUT2D eigenvalue weighted by Gasteiger charge is -2.43. The van der Waals surface area contributed by atoms with Gasteiger partial charge in [-0.15, -0.1) is 0 Å². The maximum Gasteiger partial charge on any atom is 0.252 e. The summed E-state index contributed by atoms with van der Waals surface area (Å²) in [6.45, 7) is 1.75. The maximum atomic E-state index is 13.7. The number of carbonyl (C=O) groups excluding carboxylic acids is 1. The summed E-state index contributed by atoms with van der Waals surface area (Å²) in [5.74, 6) is -2.63. The molecule has 1 fully saturated rings. The smallest absolute Gasteiger partial charge is 0.252 e. The van der Waals surface area contributed by atoms with Gasteiger partial charge in [0.2, 0.25) is 11.4 Å². The summed E-state index contributed by atoms with van der Waals surface area (Å²) in [5.41, 5.74) is 1.45. The van der Waals surface area contributed by atoms with Crippen LogP contribution in [0, 0.1) is 6.92 Å². The number of aromatic nitrogens is 2. The van der Waals surface area contributed by atoms with Crippen LogP contribution in [0.15, 0.2) is 41.5 Å². The minimum Gasteiger partial charge on any atom is -0.346 e. The Balaban J connectivity index is 1.55. The number of amides is 1. The molecule has 2 aliphatic rings. The molecule has 1 amide bonds. The van der Waals surface area contributed by atoms with Crippen LogP contribution in [0.4, 0.5) is 20.3 Å². The van der Waals surface area contributed by atoms with Crippen LogP contribution < -0.4 is 16.1 Å². The van der Waals surface area contributed by atoms with Crippen LogP contribution in [-0.2, 0) is 6.42 Å². The van der Waals surface area contributed by atoms with Crippen LogP contribution in [0.2, 0.25) is 5.02 Å². The summed E-state index contributed by atoms with van der Waals surface area (Å²) < 4.78 is 27.5. The van der Waals surface area contributed by atoms with Crippen molar-refractivity contribution in [2.75, 3.05) is 5.32 Å². The summed E-state index contributed by atoms with van der Waals surface area (Å²) >= 11 is 6.13. The van der Waals surface area contributed by atoms with E-state index < -0.39 is 11.5 Å². The molecule has 1 aliphatic carbocycles. The average Bonchev–Trinajstić information content (AvgIpc) is 2.87. The molecule has 0 bridgehead atoms. The zero-order valence-corrected chi connectivity index (χ0v) is 18.6. The number of alkyl halides is 2. The lowest BCUT2D eigenvalue weighted by atomic mass is 9.73. The van der Waals surface area contributed by atoms with Gasteiger partial charge in [-0.25, -0.2) is 18.7 Å². The van der Waals surface area contributed by atoms with Gasteiger partial charge in [0.05, 0.1) is 11.2 Å². The Labute approximate surface area is 193 Å². The molecular formula is C24H21ClF2N4O2. The molecule has 6 nitrogen and oxygen atoms in total. The van der Waals surface area contributed by atoms with Crippen molar-refractivity contribution in [1.29, 1.82) is 0 Å². The van der Waals surface area contributed by atoms with E-state index in [1.54, 1.807) is 31.2 Å². The molecule has 1 spiro atoms. The first-order valence-corrected chi connectivity index (χ1v) is 11.1. The van der Waals surface area contributed by atoms with E-state index in [0.29, 0.717) is 44.9 Å². The number of carbonyl (C=O) groups is 1. The summed E-state index contributed by atoms with van der Waals surface area (Å²) in [5, 5.41) is 7.20. The normalized spacial score (nSPS) is 18.6. The molecule has 2 aromatic carbocycles. The van der Waals surface area contributed by atoms with Gasteiger partial charge >= 0.3 is 0 Å². The highest BCUT2D eigenvalue weighted by Crippen LogP contribution is 2.42. The molecule has 33 heavy (non-hydrogen) atoms. The van der Waals surface area contributed by atoms with Crippen LogP contribution >= 0.6 is 11.6 Å². The summed E-state index contributed by atoms with van der Waals surface area (Å²) in [4.78, 5) is 34.6. The quantitative estimate of drug-likeness (QED) is 0.555. The Hall–Kier alpha value is -3.13. The number of nitrogens with zero attached hydrogens (tertiary/aromatic N) is 2. The maximum absolute atomic E-state index is 13.7. The molecule has 170 valence electrons. The fourth-order valence-electron chi connectivity index (χ4n) is 4.85. The third kappa shape index (κ3) is 4.04. The standard InChI is InChI=1S/C24H21ClF2N4O2/c1-13-8-18(30-21-16-10-15(25)2-3-17(16)28-12-29-21)19(32)9-14-11-23(31-22(33)20(13)14)4-6-24(26,27)7-5-23/h2-3,8-10,12H,4-7,11H2,1H3,(H,31,33)(H,28,29,30,32). The first-order chi connectivity index (χ1) is 15.6. The van der Waals surface area contributed by atoms with Crippen molar-refractivity contribution < 1.29 is 13.6 Å². The summed E-state index contributed by atoms with van der Waals surface area (Å²) in [7, 11) is 0. The van der Waals surface area contributed by atoms with E-state index >= 15 is 0 Å². The van der Waals surface area contributed by atoms with Crippen molar-refractivity contribution in [3.63, 3.8) is 0 Å². The number of hydrogen-bond donors (Lipinski definition) is 2. The zero-order valence-electron chi connectivity index (χ0n) is 17.8. The van der Waals surface area contributed by atoms with Gasteiger partial charge in [-0.2, -0.15) is 0 Å². The SMILES string of the molecule is Cc1cc(Nc2ncnc3ccc(Cl)cc23)c(=O)cc2c1C(=O)NC1(CCC(F)(F)CC1)C2. The van der Waals surface area contributed by atoms with Crippen LogP contribution in [0.5, 0.6) is 0 Å². The minimum atomic E-state index is -2.71. The molecular weight excluding hydrogens is 450 g/mol. The van der Waals surface area contributed by atoms with E-state index in [1.807, 2.05) is 0 Å². The van der Waals surface area contributed by atoms with Gasteiger partial charge in [-0.1, -0.05) is 11.6 Å². The Morgan fingerprint density at radius 3 is 2.58 bits per heavy atom. The van der Waals surface area contributed by atoms with E-state index in [2.05, 4.69) is 20.6 Å². The van der Waals surface area contributed by atoms with Crippen molar-refractivity contribution in [2.24, 2.45) is 0 Å². The molecule has 0 atom stereocenters. The highest BCUT2D eigenvalue weighted by atomic mass is 35.5. The summed E-state index contributed by atoms with van der Waals surface area (Å²) in [6.07, 6.45) is 1.54. The van der Waals surface area contributed by atoms with Crippen molar-refractivity contribution >= 4 is 39.9 Å². The van der Waals surface area contributed by atoms with Gasteiger partial charge in [-0.3, -0.25) is 9.59 Å². The van der Waals surface area contributed by atoms with E-state index in [4.69, 9.17) is 11.6 Å². The average molecular weight is 471 g/mol. The highest BCUT2D eigenvalue weighted by Gasteiger charge is 2.46. The largest absolute Gasteiger partial charge is 0.346 e. The third-order valence-electron chi connectivity index (χ3n) is 6.57. The van der Waals surface area contributed by atoms with E-state index in [1.165, 1.54) is 12.4 Å². The lowest BCUT2D eigenvalue weighted by Crippen LogP contribution is -2.56. The molecule has 5 rings (SSSR count). The molecule has 2 heterocycles. The number of nitrogens with one attached hydrogen (secondary N) is 2. The number of halogens is 3. The first kappa shape index (κ1) is 21.7. The van der Waals surface area contributed by atoms with Crippen molar-refractivity contribution in [1.82, 2.24) is 15.3 Å². The number of anilines is 2. The van der Waals surface area contributed by atoms with Crippen molar-refractivity contribution in [3.8, 4) is 0 Å². The molecule has 1 saturated carbocycles. The number of fused-ring (bicyclic) bond motifs is 2. The minimum absolute atomic E-state index is 0.176. The van der Waals surface area contributed by atoms with Gasteiger partial charge in [-0.05, 0) is 67.6 Å². The number of hydrogen-bond acceptors (Lipinski definition) is 5. The molecule has 0 unspecified atom stereocenters.